The number of aromatic nitrogens is 3. The van der Waals surface area contributed by atoms with Crippen LogP contribution in [0.4, 0.5) is 13.2 Å². The van der Waals surface area contributed by atoms with E-state index in [-0.39, 0.29) is 12.1 Å². The summed E-state index contributed by atoms with van der Waals surface area (Å²) >= 11 is 1.60. The highest BCUT2D eigenvalue weighted by atomic mass is 32.2. The first-order valence-corrected chi connectivity index (χ1v) is 10.0. The Morgan fingerprint density at radius 1 is 1.25 bits per heavy atom. The number of hydrogen-bond acceptors (Lipinski definition) is 5. The number of alkyl halides is 3. The number of halogens is 3. The Kier molecular flexibility index (Phi) is 6.61. The highest BCUT2D eigenvalue weighted by molar-refractivity contribution is 7.99. The van der Waals surface area contributed by atoms with E-state index in [4.69, 9.17) is 0 Å². The van der Waals surface area contributed by atoms with Crippen molar-refractivity contribution in [1.29, 1.82) is 0 Å². The first-order valence-electron chi connectivity index (χ1n) is 9.03. The van der Waals surface area contributed by atoms with Gasteiger partial charge in [-0.05, 0) is 44.1 Å². The zero-order valence-electron chi connectivity index (χ0n) is 15.5. The molecule has 0 aliphatic carbocycles. The molecule has 2 heterocycles. The van der Waals surface area contributed by atoms with Gasteiger partial charge < -0.3 is 14.8 Å². The van der Waals surface area contributed by atoms with Crippen molar-refractivity contribution in [2.24, 2.45) is 7.05 Å². The fourth-order valence-corrected chi connectivity index (χ4v) is 3.92. The second-order valence-corrected chi connectivity index (χ2v) is 7.68. The van der Waals surface area contributed by atoms with E-state index in [0.717, 1.165) is 42.7 Å². The summed E-state index contributed by atoms with van der Waals surface area (Å²) in [6.45, 7) is 3.38. The number of rotatable bonds is 7. The molecule has 0 saturated carbocycles. The van der Waals surface area contributed by atoms with Crippen molar-refractivity contribution in [3.05, 3.63) is 41.2 Å². The molecule has 10 heteroatoms. The van der Waals surface area contributed by atoms with E-state index >= 15 is 0 Å². The first-order chi connectivity index (χ1) is 13.3. The predicted octanol–water partition coefficient (Wildman–Crippen LogP) is 2.95. The number of nitrogens with zero attached hydrogens (tertiary/aromatic N) is 4. The van der Waals surface area contributed by atoms with Gasteiger partial charge in [0.1, 0.15) is 0 Å². The number of carbonyl (C=O) groups is 1. The highest BCUT2D eigenvalue weighted by Gasteiger charge is 2.30. The minimum Gasteiger partial charge on any atom is -0.345 e. The molecule has 1 aliphatic heterocycles. The summed E-state index contributed by atoms with van der Waals surface area (Å²) in [4.78, 5) is 14.6. The van der Waals surface area contributed by atoms with Gasteiger partial charge >= 0.3 is 6.18 Å². The third-order valence-corrected chi connectivity index (χ3v) is 5.62. The molecule has 1 aliphatic rings. The van der Waals surface area contributed by atoms with Gasteiger partial charge in [-0.15, -0.1) is 10.2 Å². The van der Waals surface area contributed by atoms with Crippen LogP contribution in [0.5, 0.6) is 0 Å². The lowest BCUT2D eigenvalue weighted by molar-refractivity contribution is -0.137. The predicted molar refractivity (Wildman–Crippen MR) is 100 cm³/mol. The third-order valence-electron chi connectivity index (χ3n) is 4.62. The van der Waals surface area contributed by atoms with Gasteiger partial charge in [0.2, 0.25) is 0 Å². The molecule has 0 unspecified atom stereocenters. The van der Waals surface area contributed by atoms with Crippen LogP contribution >= 0.6 is 11.8 Å². The fraction of sp³-hybridized carbons (Fsp3) is 0.500. The largest absolute Gasteiger partial charge is 0.416 e. The van der Waals surface area contributed by atoms with Crippen LogP contribution in [0.3, 0.4) is 0 Å². The number of carbonyl (C=O) groups excluding carboxylic acids is 1. The Bertz CT molecular complexity index is 818. The molecule has 0 spiro atoms. The molecule has 0 atom stereocenters. The maximum absolute atomic E-state index is 12.8. The van der Waals surface area contributed by atoms with Gasteiger partial charge in [-0.2, -0.15) is 13.2 Å². The lowest BCUT2D eigenvalue weighted by Crippen LogP contribution is -2.25. The number of benzene rings is 1. The van der Waals surface area contributed by atoms with Crippen LogP contribution in [-0.4, -0.2) is 51.0 Å². The van der Waals surface area contributed by atoms with E-state index in [2.05, 4.69) is 20.4 Å². The maximum Gasteiger partial charge on any atom is 0.416 e. The van der Waals surface area contributed by atoms with Crippen molar-refractivity contribution in [2.75, 3.05) is 25.4 Å². The molecule has 1 fully saturated rings. The van der Waals surface area contributed by atoms with Gasteiger partial charge in [-0.3, -0.25) is 4.79 Å². The van der Waals surface area contributed by atoms with Crippen molar-refractivity contribution in [2.45, 2.75) is 30.7 Å². The van der Waals surface area contributed by atoms with Gasteiger partial charge in [0.05, 0.1) is 12.1 Å². The topological polar surface area (TPSA) is 63.1 Å². The number of amides is 1. The molecule has 1 N–H and O–H groups in total. The summed E-state index contributed by atoms with van der Waals surface area (Å²) in [6.07, 6.45) is -1.98. The summed E-state index contributed by atoms with van der Waals surface area (Å²) < 4.78 is 40.1. The lowest BCUT2D eigenvalue weighted by Gasteiger charge is -2.13. The number of likely N-dealkylation sites (tertiary alicyclic amines) is 1. The van der Waals surface area contributed by atoms with E-state index < -0.39 is 17.6 Å². The third kappa shape index (κ3) is 5.26. The number of hydrogen-bond donors (Lipinski definition) is 1. The monoisotopic (exact) mass is 413 g/mol. The summed E-state index contributed by atoms with van der Waals surface area (Å²) in [5.41, 5.74) is -0.896. The second kappa shape index (κ2) is 8.95. The summed E-state index contributed by atoms with van der Waals surface area (Å²) in [5.74, 6) is 0.865. The maximum atomic E-state index is 12.8. The Labute approximate surface area is 165 Å². The minimum absolute atomic E-state index is 0.0443. The van der Waals surface area contributed by atoms with Gasteiger partial charge in [0.15, 0.2) is 11.0 Å². The fourth-order valence-electron chi connectivity index (χ4n) is 3.00. The highest BCUT2D eigenvalue weighted by Crippen LogP contribution is 2.29. The van der Waals surface area contributed by atoms with Crippen molar-refractivity contribution >= 4 is 17.7 Å². The smallest absolute Gasteiger partial charge is 0.345 e. The van der Waals surface area contributed by atoms with E-state index in [9.17, 15) is 18.0 Å². The van der Waals surface area contributed by atoms with Crippen LogP contribution in [0.1, 0.15) is 34.6 Å². The van der Waals surface area contributed by atoms with Crippen LogP contribution in [0.25, 0.3) is 0 Å². The average molecular weight is 413 g/mol. The van der Waals surface area contributed by atoms with Gasteiger partial charge in [-0.1, -0.05) is 17.8 Å². The van der Waals surface area contributed by atoms with Crippen molar-refractivity contribution < 1.29 is 18.0 Å². The van der Waals surface area contributed by atoms with Crippen molar-refractivity contribution in [3.8, 4) is 0 Å². The lowest BCUT2D eigenvalue weighted by atomic mass is 10.1. The molecule has 1 amide bonds. The normalized spacial score (nSPS) is 15.1. The molecule has 1 aromatic heterocycles. The Morgan fingerprint density at radius 3 is 2.71 bits per heavy atom. The summed E-state index contributed by atoms with van der Waals surface area (Å²) in [5, 5.41) is 11.6. The number of thioether (sulfide) groups is 1. The van der Waals surface area contributed by atoms with E-state index in [0.29, 0.717) is 5.82 Å². The molecule has 3 rings (SSSR count). The molecule has 152 valence electrons. The Morgan fingerprint density at radius 2 is 2.00 bits per heavy atom. The van der Waals surface area contributed by atoms with E-state index in [1.54, 1.807) is 16.3 Å². The van der Waals surface area contributed by atoms with Crippen LogP contribution < -0.4 is 5.32 Å². The molecule has 1 aromatic carbocycles. The second-order valence-electron chi connectivity index (χ2n) is 6.62. The summed E-state index contributed by atoms with van der Waals surface area (Å²) in [7, 11) is 1.81. The molecule has 1 saturated heterocycles. The molecule has 28 heavy (non-hydrogen) atoms. The van der Waals surface area contributed by atoms with Gasteiger partial charge in [-0.25, -0.2) is 0 Å². The van der Waals surface area contributed by atoms with Gasteiger partial charge in [0.25, 0.3) is 5.91 Å². The van der Waals surface area contributed by atoms with E-state index in [1.165, 1.54) is 25.0 Å². The molecule has 6 nitrogen and oxygen atoms in total. The van der Waals surface area contributed by atoms with Crippen LogP contribution in [0, 0.1) is 0 Å². The van der Waals surface area contributed by atoms with Crippen LogP contribution in [0.15, 0.2) is 29.4 Å². The van der Waals surface area contributed by atoms with Crippen LogP contribution in [0.2, 0.25) is 0 Å². The standard InChI is InChI=1S/C18H22F3N5OS/c1-25-15(23-24-17(25)28-10-9-26-7-2-3-8-26)12-22-16(27)13-5-4-6-14(11-13)18(19,20)21/h4-6,11H,2-3,7-10,12H2,1H3,(H,22,27). The molecule has 0 radical (unpaired) electrons. The Hall–Kier alpha value is -2.07. The van der Waals surface area contributed by atoms with E-state index in [1.807, 2.05) is 7.05 Å². The molecule has 0 bridgehead atoms. The van der Waals surface area contributed by atoms with Gasteiger partial charge in [0, 0.05) is 24.9 Å². The summed E-state index contributed by atoms with van der Waals surface area (Å²) in [6, 6.07) is 4.34. The van der Waals surface area contributed by atoms with Crippen LogP contribution in [-0.2, 0) is 19.8 Å². The zero-order valence-corrected chi connectivity index (χ0v) is 16.3. The number of nitrogens with one attached hydrogen (secondary N) is 1. The quantitative estimate of drug-likeness (QED) is 0.707. The molecule has 2 aromatic rings. The minimum atomic E-state index is -4.49. The van der Waals surface area contributed by atoms with Crippen molar-refractivity contribution in [3.63, 3.8) is 0 Å². The zero-order chi connectivity index (χ0) is 20.1. The first kappa shape index (κ1) is 20.7. The molecular weight excluding hydrogens is 391 g/mol. The SMILES string of the molecule is Cn1c(CNC(=O)c2cccc(C(F)(F)F)c2)nnc1SCCN1CCCC1. The Balaban J connectivity index is 1.53. The average Bonchev–Trinajstić information content (AvgIpc) is 3.30. The van der Waals surface area contributed by atoms with Crippen molar-refractivity contribution in [1.82, 2.24) is 25.0 Å². The molecular formula is C18H22F3N5OS.